The maximum Gasteiger partial charge on any atom is 0.340 e. The number of halogens is 2. The Morgan fingerprint density at radius 3 is 2.42 bits per heavy atom. The van der Waals surface area contributed by atoms with Crippen molar-refractivity contribution in [1.29, 1.82) is 0 Å². The van der Waals surface area contributed by atoms with E-state index >= 15 is 0 Å². The highest BCUT2D eigenvalue weighted by Crippen LogP contribution is 2.21. The third-order valence-electron chi connectivity index (χ3n) is 3.53. The van der Waals surface area contributed by atoms with Crippen LogP contribution in [0, 0.1) is 19.7 Å². The van der Waals surface area contributed by atoms with Crippen LogP contribution >= 0.6 is 15.9 Å². The average Bonchev–Trinajstić information content (AvgIpc) is 2.53. The molecule has 2 aromatic carbocycles. The quantitative estimate of drug-likeness (QED) is 0.783. The van der Waals surface area contributed by atoms with E-state index in [1.807, 2.05) is 32.0 Å². The van der Waals surface area contributed by atoms with E-state index in [0.29, 0.717) is 10.2 Å². The van der Waals surface area contributed by atoms with Gasteiger partial charge in [0.05, 0.1) is 5.56 Å². The number of benzene rings is 2. The molecule has 1 amide bonds. The molecule has 0 heterocycles. The van der Waals surface area contributed by atoms with Crippen molar-refractivity contribution in [3.8, 4) is 0 Å². The largest absolute Gasteiger partial charge is 0.449 e. The van der Waals surface area contributed by atoms with Crippen LogP contribution in [0.25, 0.3) is 0 Å². The second kappa shape index (κ2) is 7.57. The van der Waals surface area contributed by atoms with Crippen LogP contribution in [-0.4, -0.2) is 18.0 Å². The second-order valence-electron chi connectivity index (χ2n) is 5.43. The third kappa shape index (κ3) is 4.20. The summed E-state index contributed by atoms with van der Waals surface area (Å²) in [4.78, 5) is 24.4. The number of ether oxygens (including phenoxy) is 1. The Morgan fingerprint density at radius 1 is 1.17 bits per heavy atom. The monoisotopic (exact) mass is 393 g/mol. The summed E-state index contributed by atoms with van der Waals surface area (Å²) in [5.41, 5.74) is 2.54. The van der Waals surface area contributed by atoms with Crippen LogP contribution in [0.1, 0.15) is 28.4 Å². The summed E-state index contributed by atoms with van der Waals surface area (Å²) in [7, 11) is 0. The molecule has 0 aromatic heterocycles. The smallest absolute Gasteiger partial charge is 0.340 e. The van der Waals surface area contributed by atoms with Crippen LogP contribution in [-0.2, 0) is 9.53 Å². The normalized spacial score (nSPS) is 11.7. The van der Waals surface area contributed by atoms with Crippen LogP contribution in [0.4, 0.5) is 10.1 Å². The Balaban J connectivity index is 2.09. The highest BCUT2D eigenvalue weighted by atomic mass is 79.9. The molecule has 4 nitrogen and oxygen atoms in total. The van der Waals surface area contributed by atoms with Gasteiger partial charge in [0.25, 0.3) is 5.91 Å². The fraction of sp³-hybridized carbons (Fsp3) is 0.222. The predicted molar refractivity (Wildman–Crippen MR) is 93.5 cm³/mol. The van der Waals surface area contributed by atoms with E-state index < -0.39 is 23.8 Å². The lowest BCUT2D eigenvalue weighted by atomic mass is 10.1. The fourth-order valence-corrected chi connectivity index (χ4v) is 2.58. The lowest BCUT2D eigenvalue weighted by molar-refractivity contribution is -0.123. The van der Waals surface area contributed by atoms with E-state index in [9.17, 15) is 14.0 Å². The standard InChI is InChI=1S/C18H17BrFNO3/c1-10-5-4-6-11(2)16(10)21-17(22)12(3)24-18(23)14-9-13(20)7-8-15(14)19/h4-9,12H,1-3H3,(H,21,22)/t12-/m1/s1. The van der Waals surface area contributed by atoms with Gasteiger partial charge in [0.1, 0.15) is 5.82 Å². The van der Waals surface area contributed by atoms with Crippen LogP contribution in [0.5, 0.6) is 0 Å². The van der Waals surface area contributed by atoms with Crippen molar-refractivity contribution in [3.05, 3.63) is 63.4 Å². The number of para-hydroxylation sites is 1. The lowest BCUT2D eigenvalue weighted by Crippen LogP contribution is -2.30. The highest BCUT2D eigenvalue weighted by molar-refractivity contribution is 9.10. The molecule has 126 valence electrons. The van der Waals surface area contributed by atoms with Crippen LogP contribution in [0.2, 0.25) is 0 Å². The minimum Gasteiger partial charge on any atom is -0.449 e. The molecule has 0 saturated heterocycles. The van der Waals surface area contributed by atoms with Crippen LogP contribution in [0.3, 0.4) is 0 Å². The molecule has 0 radical (unpaired) electrons. The zero-order valence-electron chi connectivity index (χ0n) is 13.5. The van der Waals surface area contributed by atoms with Crippen molar-refractivity contribution < 1.29 is 18.7 Å². The molecule has 1 N–H and O–H groups in total. The first-order chi connectivity index (χ1) is 11.3. The van der Waals surface area contributed by atoms with Gasteiger partial charge in [-0.3, -0.25) is 4.79 Å². The number of anilines is 1. The SMILES string of the molecule is Cc1cccc(C)c1NC(=O)[C@@H](C)OC(=O)c1cc(F)ccc1Br. The maximum absolute atomic E-state index is 13.3. The van der Waals surface area contributed by atoms with Gasteiger partial charge in [-0.25, -0.2) is 9.18 Å². The number of carbonyl (C=O) groups excluding carboxylic acids is 2. The molecule has 0 saturated carbocycles. The minimum absolute atomic E-state index is 0.0294. The molecule has 2 rings (SSSR count). The number of rotatable bonds is 4. The van der Waals surface area contributed by atoms with Gasteiger partial charge < -0.3 is 10.1 Å². The van der Waals surface area contributed by atoms with Crippen molar-refractivity contribution in [2.75, 3.05) is 5.32 Å². The van der Waals surface area contributed by atoms with Crippen LogP contribution < -0.4 is 5.32 Å². The molecule has 0 fully saturated rings. The van der Waals surface area contributed by atoms with E-state index in [2.05, 4.69) is 21.2 Å². The first-order valence-corrected chi connectivity index (χ1v) is 8.12. The van der Waals surface area contributed by atoms with Crippen molar-refractivity contribution >= 4 is 33.5 Å². The van der Waals surface area contributed by atoms with Crippen molar-refractivity contribution in [2.24, 2.45) is 0 Å². The van der Waals surface area contributed by atoms with Gasteiger partial charge in [-0.05, 0) is 66.0 Å². The molecule has 1 atom stereocenters. The van der Waals surface area contributed by atoms with Crippen molar-refractivity contribution in [3.63, 3.8) is 0 Å². The minimum atomic E-state index is -1.02. The van der Waals surface area contributed by atoms with E-state index in [0.717, 1.165) is 17.2 Å². The molecular weight excluding hydrogens is 377 g/mol. The Labute approximate surface area is 148 Å². The summed E-state index contributed by atoms with van der Waals surface area (Å²) in [6.45, 7) is 5.22. The summed E-state index contributed by atoms with van der Waals surface area (Å²) >= 11 is 3.16. The highest BCUT2D eigenvalue weighted by Gasteiger charge is 2.21. The molecule has 6 heteroatoms. The summed E-state index contributed by atoms with van der Waals surface area (Å²) < 4.78 is 18.8. The Bertz CT molecular complexity index is 772. The average molecular weight is 394 g/mol. The van der Waals surface area contributed by atoms with E-state index in [-0.39, 0.29) is 5.56 Å². The van der Waals surface area contributed by atoms with Gasteiger partial charge in [0.2, 0.25) is 0 Å². The topological polar surface area (TPSA) is 55.4 Å². The third-order valence-corrected chi connectivity index (χ3v) is 4.22. The van der Waals surface area contributed by atoms with E-state index in [1.165, 1.54) is 19.1 Å². The number of aryl methyl sites for hydroxylation is 2. The molecule has 0 aliphatic rings. The van der Waals surface area contributed by atoms with E-state index in [1.54, 1.807) is 0 Å². The summed E-state index contributed by atoms with van der Waals surface area (Å²) in [5.74, 6) is -1.78. The maximum atomic E-state index is 13.3. The lowest BCUT2D eigenvalue weighted by Gasteiger charge is -2.16. The molecular formula is C18H17BrFNO3. The Hall–Kier alpha value is -2.21. The number of esters is 1. The summed E-state index contributed by atoms with van der Waals surface area (Å²) in [5, 5.41) is 2.76. The zero-order valence-corrected chi connectivity index (χ0v) is 15.1. The number of hydrogen-bond acceptors (Lipinski definition) is 3. The van der Waals surface area contributed by atoms with Gasteiger partial charge in [-0.1, -0.05) is 18.2 Å². The van der Waals surface area contributed by atoms with Gasteiger partial charge in [0, 0.05) is 10.2 Å². The predicted octanol–water partition coefficient (Wildman–Crippen LogP) is 4.39. The van der Waals surface area contributed by atoms with Crippen molar-refractivity contribution in [1.82, 2.24) is 0 Å². The van der Waals surface area contributed by atoms with Gasteiger partial charge >= 0.3 is 5.97 Å². The molecule has 0 spiro atoms. The Morgan fingerprint density at radius 2 is 1.79 bits per heavy atom. The van der Waals surface area contributed by atoms with Gasteiger partial charge in [0.15, 0.2) is 6.10 Å². The molecule has 24 heavy (non-hydrogen) atoms. The number of amides is 1. The zero-order chi connectivity index (χ0) is 17.9. The first kappa shape index (κ1) is 18.1. The summed E-state index contributed by atoms with van der Waals surface area (Å²) in [6.07, 6.45) is -1.02. The molecule has 0 aliphatic carbocycles. The number of carbonyl (C=O) groups is 2. The number of nitrogens with one attached hydrogen (secondary N) is 1. The summed E-state index contributed by atoms with van der Waals surface area (Å²) in [6, 6.07) is 9.34. The molecule has 2 aromatic rings. The van der Waals surface area contributed by atoms with Gasteiger partial charge in [-0.2, -0.15) is 0 Å². The molecule has 0 unspecified atom stereocenters. The second-order valence-corrected chi connectivity index (χ2v) is 6.28. The van der Waals surface area contributed by atoms with Crippen LogP contribution in [0.15, 0.2) is 40.9 Å². The number of hydrogen-bond donors (Lipinski definition) is 1. The molecule has 0 aliphatic heterocycles. The first-order valence-electron chi connectivity index (χ1n) is 7.32. The van der Waals surface area contributed by atoms with E-state index in [4.69, 9.17) is 4.74 Å². The van der Waals surface area contributed by atoms with Gasteiger partial charge in [-0.15, -0.1) is 0 Å². The Kier molecular flexibility index (Phi) is 5.72. The molecule has 0 bridgehead atoms. The fourth-order valence-electron chi connectivity index (χ4n) is 2.17. The van der Waals surface area contributed by atoms with Crippen molar-refractivity contribution in [2.45, 2.75) is 26.9 Å².